The summed E-state index contributed by atoms with van der Waals surface area (Å²) in [6, 6.07) is 0. The van der Waals surface area contributed by atoms with Gasteiger partial charge in [-0.15, -0.1) is 0 Å². The fourth-order valence-electron chi connectivity index (χ4n) is 9.48. The smallest absolute Gasteiger partial charge is 0.333 e. The Morgan fingerprint density at radius 1 is 1.20 bits per heavy atom. The van der Waals surface area contributed by atoms with E-state index < -0.39 is 34.2 Å². The van der Waals surface area contributed by atoms with Crippen molar-refractivity contribution in [2.24, 2.45) is 28.6 Å². The molecule has 6 aliphatic rings. The van der Waals surface area contributed by atoms with Crippen LogP contribution in [0, 0.1) is 28.6 Å². The normalized spacial score (nSPS) is 45.9. The maximum atomic E-state index is 12.5. The number of aliphatic hydroxyl groups excluding tert-OH is 1. The van der Waals surface area contributed by atoms with Crippen molar-refractivity contribution in [1.82, 2.24) is 0 Å². The second-order valence-electron chi connectivity index (χ2n) is 13.9. The summed E-state index contributed by atoms with van der Waals surface area (Å²) in [5, 5.41) is 11.9. The van der Waals surface area contributed by atoms with E-state index in [1.165, 1.54) is 13.0 Å². The predicted molar refractivity (Wildman–Crippen MR) is 145 cm³/mol. The number of hydrogen-bond acceptors (Lipinski definition) is 8. The lowest BCUT2D eigenvalue weighted by Gasteiger charge is -2.54. The minimum Gasteiger partial charge on any atom is -0.462 e. The molecule has 8 heteroatoms. The number of esters is 3. The molecule has 3 aliphatic heterocycles. The Morgan fingerprint density at radius 2 is 1.93 bits per heavy atom. The molecule has 218 valence electrons. The Hall–Kier alpha value is -2.45. The van der Waals surface area contributed by atoms with Crippen LogP contribution in [0.1, 0.15) is 80.6 Å². The molecule has 1 saturated carbocycles. The fraction of sp³-hybridized carbons (Fsp3) is 0.719. The molecule has 8 nitrogen and oxygen atoms in total. The summed E-state index contributed by atoms with van der Waals surface area (Å²) in [6.07, 6.45) is 6.62. The summed E-state index contributed by atoms with van der Waals surface area (Å²) in [6.45, 7) is 13.6. The van der Waals surface area contributed by atoms with Crippen LogP contribution in [0.5, 0.6) is 0 Å². The lowest BCUT2D eigenvalue weighted by molar-refractivity contribution is -0.156. The van der Waals surface area contributed by atoms with E-state index in [0.29, 0.717) is 37.7 Å². The Balaban J connectivity index is 1.44. The first-order valence-corrected chi connectivity index (χ1v) is 14.7. The van der Waals surface area contributed by atoms with Crippen molar-refractivity contribution in [2.45, 2.75) is 116 Å². The average molecular weight is 555 g/mol. The maximum Gasteiger partial charge on any atom is 0.333 e. The van der Waals surface area contributed by atoms with Gasteiger partial charge in [0.25, 0.3) is 0 Å². The Morgan fingerprint density at radius 3 is 2.60 bits per heavy atom. The van der Waals surface area contributed by atoms with E-state index in [-0.39, 0.29) is 47.9 Å². The largest absolute Gasteiger partial charge is 0.462 e. The molecule has 0 bridgehead atoms. The molecule has 0 radical (unpaired) electrons. The van der Waals surface area contributed by atoms with Crippen LogP contribution >= 0.6 is 0 Å². The van der Waals surface area contributed by atoms with Gasteiger partial charge in [-0.1, -0.05) is 32.4 Å². The molecule has 1 spiro atoms. The third-order valence-corrected chi connectivity index (χ3v) is 11.7. The first-order valence-electron chi connectivity index (χ1n) is 14.7. The summed E-state index contributed by atoms with van der Waals surface area (Å²) in [5.74, 6) is -1.05. The molecular weight excluding hydrogens is 512 g/mol. The average Bonchev–Trinajstić information content (AvgIpc) is 3.55. The number of carbonyl (C=O) groups excluding carboxylic acids is 3. The summed E-state index contributed by atoms with van der Waals surface area (Å²) in [5.41, 5.74) is 0.167. The highest BCUT2D eigenvalue weighted by Gasteiger charge is 2.73. The van der Waals surface area contributed by atoms with Gasteiger partial charge in [0, 0.05) is 36.3 Å². The van der Waals surface area contributed by atoms with Gasteiger partial charge in [-0.3, -0.25) is 4.79 Å². The van der Waals surface area contributed by atoms with Crippen molar-refractivity contribution in [1.29, 1.82) is 0 Å². The lowest BCUT2D eigenvalue weighted by Crippen LogP contribution is -2.52. The van der Waals surface area contributed by atoms with Gasteiger partial charge < -0.3 is 24.1 Å². The molecule has 40 heavy (non-hydrogen) atoms. The number of epoxide rings is 1. The topological polar surface area (TPSA) is 112 Å². The molecule has 3 heterocycles. The van der Waals surface area contributed by atoms with Gasteiger partial charge in [0.2, 0.25) is 0 Å². The van der Waals surface area contributed by atoms with Gasteiger partial charge in [0.05, 0.1) is 6.10 Å². The first-order chi connectivity index (χ1) is 18.7. The number of cyclic esters (lactones) is 2. The zero-order valence-corrected chi connectivity index (χ0v) is 24.6. The van der Waals surface area contributed by atoms with Gasteiger partial charge in [0.1, 0.15) is 29.5 Å². The fourth-order valence-corrected chi connectivity index (χ4v) is 9.48. The van der Waals surface area contributed by atoms with Gasteiger partial charge in [-0.2, -0.15) is 0 Å². The summed E-state index contributed by atoms with van der Waals surface area (Å²) >= 11 is 0. The maximum absolute atomic E-state index is 12.5. The third kappa shape index (κ3) is 3.67. The van der Waals surface area contributed by atoms with E-state index in [1.807, 2.05) is 26.0 Å². The number of aliphatic hydroxyl groups is 1. The molecule has 3 aliphatic carbocycles. The molecule has 2 fully saturated rings. The lowest BCUT2D eigenvalue weighted by atomic mass is 9.51. The summed E-state index contributed by atoms with van der Waals surface area (Å²) in [7, 11) is 0. The van der Waals surface area contributed by atoms with E-state index in [9.17, 15) is 19.5 Å². The van der Waals surface area contributed by atoms with Gasteiger partial charge in [-0.25, -0.2) is 9.59 Å². The quantitative estimate of drug-likeness (QED) is 0.237. The summed E-state index contributed by atoms with van der Waals surface area (Å²) in [4.78, 5) is 37.3. The van der Waals surface area contributed by atoms with Crippen molar-refractivity contribution in [3.05, 3.63) is 34.9 Å². The van der Waals surface area contributed by atoms with Crippen LogP contribution in [0.25, 0.3) is 0 Å². The highest BCUT2D eigenvalue weighted by molar-refractivity contribution is 5.88. The van der Waals surface area contributed by atoms with E-state index in [2.05, 4.69) is 20.8 Å². The molecule has 6 rings (SSSR count). The van der Waals surface area contributed by atoms with Crippen LogP contribution in [0.15, 0.2) is 34.9 Å². The molecule has 0 aromatic heterocycles. The van der Waals surface area contributed by atoms with Gasteiger partial charge >= 0.3 is 17.9 Å². The number of rotatable bonds is 3. The predicted octanol–water partition coefficient (Wildman–Crippen LogP) is 4.35. The van der Waals surface area contributed by atoms with Crippen LogP contribution in [0.4, 0.5) is 0 Å². The minimum absolute atomic E-state index is 0.00537. The van der Waals surface area contributed by atoms with Crippen LogP contribution < -0.4 is 0 Å². The van der Waals surface area contributed by atoms with Crippen LogP contribution in [-0.4, -0.2) is 58.6 Å². The van der Waals surface area contributed by atoms with Crippen molar-refractivity contribution in [3.63, 3.8) is 0 Å². The Bertz CT molecular complexity index is 1260. The van der Waals surface area contributed by atoms with Crippen molar-refractivity contribution < 1.29 is 38.4 Å². The molecule has 10 atom stereocenters. The van der Waals surface area contributed by atoms with E-state index in [0.717, 1.165) is 11.1 Å². The Labute approximate surface area is 236 Å². The highest BCUT2D eigenvalue weighted by Crippen LogP contribution is 2.71. The van der Waals surface area contributed by atoms with E-state index in [1.54, 1.807) is 6.92 Å². The molecule has 1 saturated heterocycles. The number of ether oxygens (including phenoxy) is 4. The molecule has 0 aromatic rings. The Kier molecular flexibility index (Phi) is 6.08. The highest BCUT2D eigenvalue weighted by atomic mass is 16.6. The zero-order valence-electron chi connectivity index (χ0n) is 24.6. The van der Waals surface area contributed by atoms with Gasteiger partial charge in [0.15, 0.2) is 0 Å². The summed E-state index contributed by atoms with van der Waals surface area (Å²) < 4.78 is 24.3. The number of hydrogen-bond donors (Lipinski definition) is 1. The van der Waals surface area contributed by atoms with Gasteiger partial charge in [-0.05, 0) is 75.4 Å². The van der Waals surface area contributed by atoms with Crippen molar-refractivity contribution >= 4 is 17.9 Å². The van der Waals surface area contributed by atoms with Crippen molar-refractivity contribution in [3.8, 4) is 0 Å². The SMILES string of the molecule is CC(=O)O[C@@H]1C[C@H]([C@H](C)[C@@H]2CC=C(C)C(=O)O2)[C@@]2(C)C[C@H](O)C3=C(CC[C@H]4C(C)(C)OC(=O)C=C[C@]45O[C@H]35)[C@]12C. The zero-order chi connectivity index (χ0) is 29.0. The number of carbonyl (C=O) groups is 3. The number of fused-ring (bicyclic) bond motifs is 3. The molecule has 0 unspecified atom stereocenters. The van der Waals surface area contributed by atoms with Crippen LogP contribution in [0.2, 0.25) is 0 Å². The minimum atomic E-state index is -0.752. The standard InChI is InChI=1S/C32H42O8/c1-16-8-10-22(38-28(16)36)17(2)20-14-24(37-18(3)33)31(7)19-9-11-23-29(4,5)39-25(35)12-13-32(23)27(40-32)26(19)21(34)15-30(20,31)6/h8,12-13,17,20-24,27,34H,9-11,14-15H2,1-7H3/t17-,20+,21-,22-,23-,24+,27+,30+,31+,32-/m0/s1. The van der Waals surface area contributed by atoms with Crippen LogP contribution in [-0.2, 0) is 33.3 Å². The van der Waals surface area contributed by atoms with E-state index in [4.69, 9.17) is 18.9 Å². The molecule has 0 aromatic carbocycles. The monoisotopic (exact) mass is 554 g/mol. The first kappa shape index (κ1) is 27.7. The molecular formula is C32H42O8. The molecule has 1 N–H and O–H groups in total. The third-order valence-electron chi connectivity index (χ3n) is 11.7. The molecule has 0 amide bonds. The second-order valence-corrected chi connectivity index (χ2v) is 13.9. The van der Waals surface area contributed by atoms with Crippen molar-refractivity contribution in [2.75, 3.05) is 0 Å². The van der Waals surface area contributed by atoms with E-state index >= 15 is 0 Å². The van der Waals surface area contributed by atoms with Crippen LogP contribution in [0.3, 0.4) is 0 Å². The second kappa shape index (κ2) is 8.78.